The highest BCUT2D eigenvalue weighted by molar-refractivity contribution is 9.10. The number of nitrogens with zero attached hydrogens (tertiary/aromatic N) is 2. The minimum atomic E-state index is -4.91. The van der Waals surface area contributed by atoms with Crippen molar-refractivity contribution in [2.24, 2.45) is 0 Å². The van der Waals surface area contributed by atoms with E-state index in [9.17, 15) is 22.8 Å². The lowest BCUT2D eigenvalue weighted by Crippen LogP contribution is -2.58. The fourth-order valence-corrected chi connectivity index (χ4v) is 3.72. The third kappa shape index (κ3) is 5.15. The predicted octanol–water partition coefficient (Wildman–Crippen LogP) is 4.57. The second-order valence-corrected chi connectivity index (χ2v) is 9.19. The molecule has 1 aliphatic carbocycles. The molecule has 1 saturated carbocycles. The molecule has 1 saturated heterocycles. The van der Waals surface area contributed by atoms with Gasteiger partial charge >= 0.3 is 12.5 Å². The third-order valence-electron chi connectivity index (χ3n) is 4.78. The first kappa shape index (κ1) is 21.7. The Kier molecular flexibility index (Phi) is 5.53. The van der Waals surface area contributed by atoms with Crippen LogP contribution in [0, 0.1) is 0 Å². The highest BCUT2D eigenvalue weighted by Gasteiger charge is 2.54. The lowest BCUT2D eigenvalue weighted by Gasteiger charge is -2.42. The maximum Gasteiger partial charge on any atom is 0.573 e. The average Bonchev–Trinajstić information content (AvgIpc) is 3.30. The molecule has 3 rings (SSSR count). The van der Waals surface area contributed by atoms with Gasteiger partial charge < -0.3 is 19.3 Å². The number of carbonyl (C=O) groups excluding carboxylic acids is 2. The summed E-state index contributed by atoms with van der Waals surface area (Å²) < 4.78 is 48.2. The highest BCUT2D eigenvalue weighted by atomic mass is 79.9. The molecule has 6 nitrogen and oxygen atoms in total. The van der Waals surface area contributed by atoms with Gasteiger partial charge in [-0.1, -0.05) is 15.9 Å². The summed E-state index contributed by atoms with van der Waals surface area (Å²) in [6, 6.07) is 3.92. The van der Waals surface area contributed by atoms with E-state index in [1.54, 1.807) is 30.6 Å². The van der Waals surface area contributed by atoms with E-state index < -0.39 is 35.3 Å². The van der Waals surface area contributed by atoms with Gasteiger partial charge in [0, 0.05) is 24.1 Å². The van der Waals surface area contributed by atoms with E-state index in [1.807, 2.05) is 0 Å². The molecule has 2 amide bonds. The van der Waals surface area contributed by atoms with Crippen molar-refractivity contribution < 1.29 is 32.2 Å². The lowest BCUT2D eigenvalue weighted by atomic mass is 10.1. The second kappa shape index (κ2) is 7.37. The number of hydrogen-bond donors (Lipinski definition) is 0. The van der Waals surface area contributed by atoms with Crippen molar-refractivity contribution in [3.63, 3.8) is 0 Å². The highest BCUT2D eigenvalue weighted by Crippen LogP contribution is 2.46. The molecular weight excluding hydrogens is 457 g/mol. The quantitative estimate of drug-likeness (QED) is 0.624. The van der Waals surface area contributed by atoms with E-state index >= 15 is 0 Å². The molecule has 1 aromatic rings. The monoisotopic (exact) mass is 478 g/mol. The first-order valence-electron chi connectivity index (χ1n) is 9.15. The van der Waals surface area contributed by atoms with Crippen LogP contribution in [0.5, 0.6) is 5.75 Å². The SMILES string of the molecule is CC(C)(C)OC(=O)N1CCN(C(=O)c2ccc(Br)cc2OC(F)(F)F)C2(CC2)C1. The lowest BCUT2D eigenvalue weighted by molar-refractivity contribution is -0.274. The number of carbonyl (C=O) groups is 2. The normalized spacial score (nSPS) is 18.6. The summed E-state index contributed by atoms with van der Waals surface area (Å²) in [7, 11) is 0. The summed E-state index contributed by atoms with van der Waals surface area (Å²) in [6.45, 7) is 6.06. The predicted molar refractivity (Wildman–Crippen MR) is 102 cm³/mol. The van der Waals surface area contributed by atoms with E-state index in [0.29, 0.717) is 23.9 Å². The summed E-state index contributed by atoms with van der Waals surface area (Å²) in [5.41, 5.74) is -1.38. The van der Waals surface area contributed by atoms with Crippen LogP contribution in [0.15, 0.2) is 22.7 Å². The molecule has 0 atom stereocenters. The van der Waals surface area contributed by atoms with Gasteiger partial charge in [0.15, 0.2) is 0 Å². The molecule has 2 fully saturated rings. The van der Waals surface area contributed by atoms with Crippen LogP contribution in [-0.2, 0) is 4.74 Å². The van der Waals surface area contributed by atoms with E-state index in [1.165, 1.54) is 12.1 Å². The Bertz CT molecular complexity index is 819. The fourth-order valence-electron chi connectivity index (χ4n) is 3.38. The van der Waals surface area contributed by atoms with Crippen molar-refractivity contribution in [1.82, 2.24) is 9.80 Å². The summed E-state index contributed by atoms with van der Waals surface area (Å²) in [5.74, 6) is -1.10. The number of benzene rings is 1. The molecule has 1 spiro atoms. The Morgan fingerprint density at radius 3 is 2.34 bits per heavy atom. The number of rotatable bonds is 2. The van der Waals surface area contributed by atoms with E-state index in [2.05, 4.69) is 20.7 Å². The number of hydrogen-bond acceptors (Lipinski definition) is 4. The second-order valence-electron chi connectivity index (χ2n) is 8.27. The molecular formula is C19H22BrF3N2O4. The van der Waals surface area contributed by atoms with Gasteiger partial charge in [-0.15, -0.1) is 13.2 Å². The molecule has 0 aromatic heterocycles. The van der Waals surface area contributed by atoms with Gasteiger partial charge in [-0.25, -0.2) is 4.79 Å². The molecule has 0 N–H and O–H groups in total. The number of piperazine rings is 1. The summed E-state index contributed by atoms with van der Waals surface area (Å²) in [6.07, 6.45) is -4.03. The van der Waals surface area contributed by atoms with E-state index in [-0.39, 0.29) is 18.7 Å². The topological polar surface area (TPSA) is 59.1 Å². The first-order chi connectivity index (χ1) is 13.3. The van der Waals surface area contributed by atoms with Gasteiger partial charge in [0.1, 0.15) is 11.4 Å². The molecule has 0 bridgehead atoms. The first-order valence-corrected chi connectivity index (χ1v) is 9.94. The molecule has 0 radical (unpaired) electrons. The summed E-state index contributed by atoms with van der Waals surface area (Å²) in [4.78, 5) is 28.6. The Balaban J connectivity index is 1.79. The molecule has 0 unspecified atom stereocenters. The Labute approximate surface area is 175 Å². The van der Waals surface area contributed by atoms with E-state index in [0.717, 1.165) is 6.07 Å². The molecule has 160 valence electrons. The smallest absolute Gasteiger partial charge is 0.444 e. The van der Waals surface area contributed by atoms with Gasteiger partial charge in [0.25, 0.3) is 5.91 Å². The number of halogens is 4. The molecule has 1 heterocycles. The molecule has 29 heavy (non-hydrogen) atoms. The van der Waals surface area contributed by atoms with Gasteiger partial charge in [-0.3, -0.25) is 4.79 Å². The van der Waals surface area contributed by atoms with Crippen LogP contribution in [-0.4, -0.2) is 58.9 Å². The number of ether oxygens (including phenoxy) is 2. The van der Waals surface area contributed by atoms with Crippen molar-refractivity contribution in [1.29, 1.82) is 0 Å². The zero-order chi connectivity index (χ0) is 21.6. The number of alkyl halides is 3. The fraction of sp³-hybridized carbons (Fsp3) is 0.579. The van der Waals surface area contributed by atoms with Gasteiger partial charge in [-0.2, -0.15) is 0 Å². The van der Waals surface area contributed by atoms with Crippen LogP contribution < -0.4 is 4.74 Å². The van der Waals surface area contributed by atoms with Crippen molar-refractivity contribution in [2.75, 3.05) is 19.6 Å². The molecule has 10 heteroatoms. The number of amides is 2. The molecule has 1 aromatic carbocycles. The van der Waals surface area contributed by atoms with Crippen molar-refractivity contribution in [3.8, 4) is 5.75 Å². The Hall–Kier alpha value is -1.97. The zero-order valence-corrected chi connectivity index (χ0v) is 17.9. The van der Waals surface area contributed by atoms with Crippen molar-refractivity contribution in [3.05, 3.63) is 28.2 Å². The van der Waals surface area contributed by atoms with E-state index in [4.69, 9.17) is 4.74 Å². The van der Waals surface area contributed by atoms with Crippen LogP contribution in [0.25, 0.3) is 0 Å². The molecule has 1 aliphatic heterocycles. The minimum absolute atomic E-state index is 0.164. The maximum atomic E-state index is 13.1. The molecule has 2 aliphatic rings. The van der Waals surface area contributed by atoms with Crippen LogP contribution in [0.3, 0.4) is 0 Å². The third-order valence-corrected chi connectivity index (χ3v) is 5.27. The van der Waals surface area contributed by atoms with Crippen LogP contribution in [0.2, 0.25) is 0 Å². The van der Waals surface area contributed by atoms with Crippen molar-refractivity contribution >= 4 is 27.9 Å². The summed E-state index contributed by atoms with van der Waals surface area (Å²) >= 11 is 3.10. The van der Waals surface area contributed by atoms with Crippen LogP contribution >= 0.6 is 15.9 Å². The van der Waals surface area contributed by atoms with Crippen molar-refractivity contribution in [2.45, 2.75) is 51.1 Å². The Morgan fingerprint density at radius 2 is 1.79 bits per heavy atom. The Morgan fingerprint density at radius 1 is 1.14 bits per heavy atom. The minimum Gasteiger partial charge on any atom is -0.444 e. The standard InChI is InChI=1S/C19H22BrF3N2O4/c1-17(2,3)29-16(27)24-8-9-25(18(11-24)6-7-18)15(26)13-5-4-12(20)10-14(13)28-19(21,22)23/h4-5,10H,6-9,11H2,1-3H3. The maximum absolute atomic E-state index is 13.1. The van der Waals surface area contributed by atoms with Gasteiger partial charge in [0.2, 0.25) is 0 Å². The average molecular weight is 479 g/mol. The van der Waals surface area contributed by atoms with Crippen LogP contribution in [0.1, 0.15) is 44.0 Å². The summed E-state index contributed by atoms with van der Waals surface area (Å²) in [5, 5.41) is 0. The zero-order valence-electron chi connectivity index (χ0n) is 16.3. The van der Waals surface area contributed by atoms with Gasteiger partial charge in [0.05, 0.1) is 11.1 Å². The largest absolute Gasteiger partial charge is 0.573 e. The van der Waals surface area contributed by atoms with Crippen LogP contribution in [0.4, 0.5) is 18.0 Å². The van der Waals surface area contributed by atoms with Gasteiger partial charge in [-0.05, 0) is 51.8 Å².